The van der Waals surface area contributed by atoms with Crippen molar-refractivity contribution in [3.05, 3.63) is 102 Å². The van der Waals surface area contributed by atoms with Crippen molar-refractivity contribution in [2.24, 2.45) is 0 Å². The summed E-state index contributed by atoms with van der Waals surface area (Å²) >= 11 is 0. The van der Waals surface area contributed by atoms with Crippen LogP contribution in [0.15, 0.2) is 79.4 Å². The van der Waals surface area contributed by atoms with Crippen LogP contribution in [-0.2, 0) is 13.1 Å². The molecule has 0 unspecified atom stereocenters. The average molecular weight is 375 g/mol. The standard InChI is InChI=1S/C21H18FN5O/c22-20-8-2-1-6-18(20)14-27-15-19(12-24-27)25-21(28)17-7-3-5-16(11-17)13-26-10-4-9-23-26/h1-12,15H,13-14H2,(H,25,28). The molecule has 1 N–H and O–H groups in total. The van der Waals surface area contributed by atoms with Gasteiger partial charge in [-0.3, -0.25) is 14.2 Å². The molecule has 0 saturated carbocycles. The predicted molar refractivity (Wildman–Crippen MR) is 103 cm³/mol. The van der Waals surface area contributed by atoms with Crippen LogP contribution in [0.2, 0.25) is 0 Å². The van der Waals surface area contributed by atoms with Crippen molar-refractivity contribution >= 4 is 11.6 Å². The van der Waals surface area contributed by atoms with Crippen LogP contribution in [0.1, 0.15) is 21.5 Å². The number of hydrogen-bond donors (Lipinski definition) is 1. The molecule has 2 aromatic heterocycles. The maximum absolute atomic E-state index is 13.8. The van der Waals surface area contributed by atoms with E-state index in [1.54, 1.807) is 52.2 Å². The summed E-state index contributed by atoms with van der Waals surface area (Å²) in [6.07, 6.45) is 6.82. The monoisotopic (exact) mass is 375 g/mol. The van der Waals surface area contributed by atoms with Crippen LogP contribution in [0, 0.1) is 5.82 Å². The van der Waals surface area contributed by atoms with E-state index in [9.17, 15) is 9.18 Å². The number of carbonyl (C=O) groups excluding carboxylic acids is 1. The number of rotatable bonds is 6. The zero-order valence-electron chi connectivity index (χ0n) is 15.0. The Morgan fingerprint density at radius 3 is 2.71 bits per heavy atom. The van der Waals surface area contributed by atoms with Crippen LogP contribution in [0.25, 0.3) is 0 Å². The summed E-state index contributed by atoms with van der Waals surface area (Å²) in [5, 5.41) is 11.2. The molecule has 0 aliphatic heterocycles. The zero-order valence-corrected chi connectivity index (χ0v) is 15.0. The molecule has 2 aromatic carbocycles. The first kappa shape index (κ1) is 17.7. The summed E-state index contributed by atoms with van der Waals surface area (Å²) in [5.74, 6) is -0.509. The fourth-order valence-electron chi connectivity index (χ4n) is 2.91. The van der Waals surface area contributed by atoms with Crippen molar-refractivity contribution in [1.82, 2.24) is 19.6 Å². The maximum Gasteiger partial charge on any atom is 0.255 e. The SMILES string of the molecule is O=C(Nc1cnn(Cc2ccccc2F)c1)c1cccc(Cn2cccn2)c1. The number of nitrogens with one attached hydrogen (secondary N) is 1. The molecule has 0 bridgehead atoms. The molecule has 0 spiro atoms. The molecule has 0 fully saturated rings. The smallest absolute Gasteiger partial charge is 0.255 e. The van der Waals surface area contributed by atoms with Gasteiger partial charge in [0.05, 0.1) is 25.0 Å². The van der Waals surface area contributed by atoms with Crippen molar-refractivity contribution in [2.75, 3.05) is 5.32 Å². The minimum Gasteiger partial charge on any atom is -0.319 e. The Bertz CT molecular complexity index is 1090. The van der Waals surface area contributed by atoms with E-state index in [0.29, 0.717) is 29.9 Å². The highest BCUT2D eigenvalue weighted by molar-refractivity contribution is 6.04. The van der Waals surface area contributed by atoms with E-state index in [2.05, 4.69) is 15.5 Å². The topological polar surface area (TPSA) is 64.7 Å². The Balaban J connectivity index is 1.43. The lowest BCUT2D eigenvalue weighted by atomic mass is 10.1. The van der Waals surface area contributed by atoms with E-state index in [1.807, 2.05) is 30.5 Å². The number of hydrogen-bond acceptors (Lipinski definition) is 3. The number of benzene rings is 2. The van der Waals surface area contributed by atoms with Crippen molar-refractivity contribution in [1.29, 1.82) is 0 Å². The second kappa shape index (κ2) is 7.87. The lowest BCUT2D eigenvalue weighted by Crippen LogP contribution is -2.12. The first-order valence-corrected chi connectivity index (χ1v) is 8.81. The summed E-state index contributed by atoms with van der Waals surface area (Å²) in [6, 6.07) is 15.8. The number of carbonyl (C=O) groups is 1. The van der Waals surface area contributed by atoms with E-state index in [4.69, 9.17) is 0 Å². The quantitative estimate of drug-likeness (QED) is 0.560. The van der Waals surface area contributed by atoms with Crippen LogP contribution < -0.4 is 5.32 Å². The molecule has 4 aromatic rings. The van der Waals surface area contributed by atoms with Crippen LogP contribution in [-0.4, -0.2) is 25.5 Å². The summed E-state index contributed by atoms with van der Waals surface area (Å²) < 4.78 is 17.2. The van der Waals surface area contributed by atoms with Crippen LogP contribution in [0.3, 0.4) is 0 Å². The van der Waals surface area contributed by atoms with Crippen LogP contribution in [0.5, 0.6) is 0 Å². The van der Waals surface area contributed by atoms with Gasteiger partial charge in [-0.05, 0) is 29.8 Å². The zero-order chi connectivity index (χ0) is 19.3. The Hall–Kier alpha value is -3.74. The van der Waals surface area contributed by atoms with Crippen LogP contribution >= 0.6 is 0 Å². The molecule has 4 rings (SSSR count). The molecular formula is C21H18FN5O. The van der Waals surface area contributed by atoms with Gasteiger partial charge in [0.1, 0.15) is 5.82 Å². The highest BCUT2D eigenvalue weighted by atomic mass is 19.1. The second-order valence-corrected chi connectivity index (χ2v) is 6.38. The van der Waals surface area contributed by atoms with E-state index in [1.165, 1.54) is 6.07 Å². The average Bonchev–Trinajstić information content (AvgIpc) is 3.36. The first-order valence-electron chi connectivity index (χ1n) is 8.81. The number of aromatic nitrogens is 4. The van der Waals surface area contributed by atoms with E-state index < -0.39 is 0 Å². The van der Waals surface area contributed by atoms with Gasteiger partial charge in [0, 0.05) is 29.7 Å². The molecule has 6 nitrogen and oxygen atoms in total. The van der Waals surface area contributed by atoms with E-state index in [-0.39, 0.29) is 11.7 Å². The van der Waals surface area contributed by atoms with E-state index in [0.717, 1.165) is 5.56 Å². The van der Waals surface area contributed by atoms with Crippen molar-refractivity contribution in [3.63, 3.8) is 0 Å². The third-order valence-corrected chi connectivity index (χ3v) is 4.27. The first-order chi connectivity index (χ1) is 13.7. The molecule has 0 saturated heterocycles. The van der Waals surface area contributed by atoms with E-state index >= 15 is 0 Å². The van der Waals surface area contributed by atoms with Gasteiger partial charge in [0.25, 0.3) is 5.91 Å². The van der Waals surface area contributed by atoms with Crippen molar-refractivity contribution < 1.29 is 9.18 Å². The molecule has 7 heteroatoms. The van der Waals surface area contributed by atoms with Gasteiger partial charge in [-0.25, -0.2) is 4.39 Å². The Kier molecular flexibility index (Phi) is 4.97. The molecule has 2 heterocycles. The molecule has 1 amide bonds. The molecule has 28 heavy (non-hydrogen) atoms. The normalized spacial score (nSPS) is 10.8. The molecular weight excluding hydrogens is 357 g/mol. The summed E-state index contributed by atoms with van der Waals surface area (Å²) in [5.41, 5.74) is 2.62. The third-order valence-electron chi connectivity index (χ3n) is 4.27. The molecule has 0 aliphatic carbocycles. The molecule has 0 radical (unpaired) electrons. The number of amides is 1. The van der Waals surface area contributed by atoms with Gasteiger partial charge >= 0.3 is 0 Å². The summed E-state index contributed by atoms with van der Waals surface area (Å²) in [4.78, 5) is 12.6. The van der Waals surface area contributed by atoms with Crippen molar-refractivity contribution in [3.8, 4) is 0 Å². The minimum absolute atomic E-state index is 0.229. The molecule has 0 aliphatic rings. The van der Waals surface area contributed by atoms with Gasteiger partial charge < -0.3 is 5.32 Å². The lowest BCUT2D eigenvalue weighted by molar-refractivity contribution is 0.102. The number of halogens is 1. The van der Waals surface area contributed by atoms with Gasteiger partial charge in [-0.2, -0.15) is 10.2 Å². The highest BCUT2D eigenvalue weighted by Crippen LogP contribution is 2.13. The largest absolute Gasteiger partial charge is 0.319 e. The Labute approximate surface area is 161 Å². The van der Waals surface area contributed by atoms with Gasteiger partial charge in [-0.1, -0.05) is 30.3 Å². The highest BCUT2D eigenvalue weighted by Gasteiger charge is 2.10. The third kappa shape index (κ3) is 4.15. The number of anilines is 1. The Morgan fingerprint density at radius 1 is 1.00 bits per heavy atom. The minimum atomic E-state index is -0.280. The fraction of sp³-hybridized carbons (Fsp3) is 0.0952. The van der Waals surface area contributed by atoms with Gasteiger partial charge in [-0.15, -0.1) is 0 Å². The van der Waals surface area contributed by atoms with Gasteiger partial charge in [0.15, 0.2) is 0 Å². The summed E-state index contributed by atoms with van der Waals surface area (Å²) in [7, 11) is 0. The maximum atomic E-state index is 13.8. The number of nitrogens with zero attached hydrogens (tertiary/aromatic N) is 4. The molecule has 140 valence electrons. The Morgan fingerprint density at radius 2 is 1.89 bits per heavy atom. The molecule has 0 atom stereocenters. The lowest BCUT2D eigenvalue weighted by Gasteiger charge is -2.06. The predicted octanol–water partition coefficient (Wildman–Crippen LogP) is 3.57. The fourth-order valence-corrected chi connectivity index (χ4v) is 2.91. The van der Waals surface area contributed by atoms with Crippen molar-refractivity contribution in [2.45, 2.75) is 13.1 Å². The summed E-state index contributed by atoms with van der Waals surface area (Å²) in [6.45, 7) is 0.886. The van der Waals surface area contributed by atoms with Gasteiger partial charge in [0.2, 0.25) is 0 Å². The van der Waals surface area contributed by atoms with Crippen LogP contribution in [0.4, 0.5) is 10.1 Å². The second-order valence-electron chi connectivity index (χ2n) is 6.38.